The Morgan fingerprint density at radius 2 is 1.86 bits per heavy atom. The van der Waals surface area contributed by atoms with Gasteiger partial charge in [0.15, 0.2) is 0 Å². The number of piperidine rings is 2. The third-order valence-corrected chi connectivity index (χ3v) is 8.00. The minimum atomic E-state index is -0.0747. The first-order valence-electron chi connectivity index (χ1n) is 10.8. The zero-order valence-corrected chi connectivity index (χ0v) is 17.3. The SMILES string of the molecule is O=C(c1ccc2n(c1=O)C[C@@H]1CNC[C@H]2C1)N1CCC(N2CCSCC2)CC1. The van der Waals surface area contributed by atoms with Crippen molar-refractivity contribution in [3.05, 3.63) is 33.7 Å². The van der Waals surface area contributed by atoms with E-state index in [1.54, 1.807) is 6.07 Å². The molecule has 3 saturated heterocycles. The van der Waals surface area contributed by atoms with Crippen molar-refractivity contribution in [3.63, 3.8) is 0 Å². The van der Waals surface area contributed by atoms with Gasteiger partial charge in [0.1, 0.15) is 5.56 Å². The quantitative estimate of drug-likeness (QED) is 0.806. The average molecular weight is 403 g/mol. The van der Waals surface area contributed by atoms with E-state index in [0.717, 1.165) is 57.7 Å². The van der Waals surface area contributed by atoms with Crippen LogP contribution in [0.3, 0.4) is 0 Å². The van der Waals surface area contributed by atoms with E-state index in [1.165, 1.54) is 24.6 Å². The van der Waals surface area contributed by atoms with Crippen LogP contribution >= 0.6 is 11.8 Å². The van der Waals surface area contributed by atoms with Crippen LogP contribution < -0.4 is 10.9 Å². The van der Waals surface area contributed by atoms with E-state index in [9.17, 15) is 9.59 Å². The predicted octanol–water partition coefficient (Wildman–Crippen LogP) is 1.21. The molecule has 1 aromatic rings. The highest BCUT2D eigenvalue weighted by atomic mass is 32.2. The normalized spacial score (nSPS) is 28.8. The van der Waals surface area contributed by atoms with Crippen LogP contribution in [0.2, 0.25) is 0 Å². The number of carbonyl (C=O) groups excluding carboxylic acids is 1. The summed E-state index contributed by atoms with van der Waals surface area (Å²) in [6.07, 6.45) is 3.21. The summed E-state index contributed by atoms with van der Waals surface area (Å²) in [5.41, 5.74) is 1.39. The van der Waals surface area contributed by atoms with Crippen LogP contribution in [0.4, 0.5) is 0 Å². The molecule has 6 nitrogen and oxygen atoms in total. The molecule has 2 atom stereocenters. The van der Waals surface area contributed by atoms with Crippen LogP contribution in [0.5, 0.6) is 0 Å². The van der Waals surface area contributed by atoms with Gasteiger partial charge in [0.05, 0.1) is 0 Å². The maximum absolute atomic E-state index is 13.1. The maximum atomic E-state index is 13.1. The van der Waals surface area contributed by atoms with E-state index >= 15 is 0 Å². The summed E-state index contributed by atoms with van der Waals surface area (Å²) in [4.78, 5) is 30.7. The summed E-state index contributed by atoms with van der Waals surface area (Å²) in [7, 11) is 0. The molecule has 1 N–H and O–H groups in total. The van der Waals surface area contributed by atoms with Gasteiger partial charge in [0, 0.05) is 68.4 Å². The molecular formula is C21H30N4O2S. The number of pyridine rings is 1. The molecule has 0 radical (unpaired) electrons. The summed E-state index contributed by atoms with van der Waals surface area (Å²) in [5.74, 6) is 3.29. The van der Waals surface area contributed by atoms with Gasteiger partial charge in [-0.05, 0) is 43.9 Å². The maximum Gasteiger partial charge on any atom is 0.263 e. The highest BCUT2D eigenvalue weighted by molar-refractivity contribution is 7.99. The van der Waals surface area contributed by atoms with Crippen molar-refractivity contribution in [2.45, 2.75) is 37.8 Å². The second-order valence-corrected chi connectivity index (χ2v) is 9.94. The van der Waals surface area contributed by atoms with Crippen LogP contribution in [0.15, 0.2) is 16.9 Å². The number of hydrogen-bond acceptors (Lipinski definition) is 5. The van der Waals surface area contributed by atoms with Gasteiger partial charge in [0.25, 0.3) is 11.5 Å². The predicted molar refractivity (Wildman–Crippen MR) is 112 cm³/mol. The molecular weight excluding hydrogens is 372 g/mol. The summed E-state index contributed by atoms with van der Waals surface area (Å²) in [5, 5.41) is 3.47. The smallest absolute Gasteiger partial charge is 0.263 e. The van der Waals surface area contributed by atoms with Crippen LogP contribution in [-0.4, -0.2) is 77.1 Å². The zero-order valence-electron chi connectivity index (χ0n) is 16.4. The highest BCUT2D eigenvalue weighted by Gasteiger charge is 2.33. The molecule has 1 aromatic heterocycles. The molecule has 0 saturated carbocycles. The van der Waals surface area contributed by atoms with Crippen molar-refractivity contribution in [2.75, 3.05) is 50.8 Å². The van der Waals surface area contributed by atoms with E-state index in [1.807, 2.05) is 27.3 Å². The van der Waals surface area contributed by atoms with Gasteiger partial charge in [-0.15, -0.1) is 0 Å². The Morgan fingerprint density at radius 1 is 1.07 bits per heavy atom. The molecule has 4 aliphatic rings. The fourth-order valence-corrected chi connectivity index (χ4v) is 6.43. The van der Waals surface area contributed by atoms with Gasteiger partial charge in [-0.25, -0.2) is 0 Å². The molecule has 0 spiro atoms. The van der Waals surface area contributed by atoms with Crippen LogP contribution in [0.25, 0.3) is 0 Å². The lowest BCUT2D eigenvalue weighted by atomic mass is 9.84. The first-order chi connectivity index (χ1) is 13.7. The van der Waals surface area contributed by atoms with E-state index in [-0.39, 0.29) is 11.5 Å². The van der Waals surface area contributed by atoms with Crippen LogP contribution in [0, 0.1) is 5.92 Å². The lowest BCUT2D eigenvalue weighted by molar-refractivity contribution is 0.0628. The van der Waals surface area contributed by atoms with E-state index in [0.29, 0.717) is 23.4 Å². The van der Waals surface area contributed by atoms with Gasteiger partial charge in [0.2, 0.25) is 0 Å². The molecule has 7 heteroatoms. The van der Waals surface area contributed by atoms with Gasteiger partial charge in [-0.3, -0.25) is 14.5 Å². The summed E-state index contributed by atoms with van der Waals surface area (Å²) >= 11 is 2.04. The van der Waals surface area contributed by atoms with Crippen molar-refractivity contribution in [2.24, 2.45) is 5.92 Å². The van der Waals surface area contributed by atoms with Crippen LogP contribution in [0.1, 0.15) is 41.2 Å². The molecule has 1 amide bonds. The molecule has 5 heterocycles. The van der Waals surface area contributed by atoms with Crippen LogP contribution in [-0.2, 0) is 6.54 Å². The van der Waals surface area contributed by atoms with Crippen molar-refractivity contribution in [3.8, 4) is 0 Å². The molecule has 152 valence electrons. The Kier molecular flexibility index (Phi) is 5.24. The Hall–Kier alpha value is -1.31. The van der Waals surface area contributed by atoms with E-state index in [4.69, 9.17) is 0 Å². The van der Waals surface area contributed by atoms with E-state index in [2.05, 4.69) is 10.2 Å². The number of thioether (sulfide) groups is 1. The molecule has 3 fully saturated rings. The molecule has 0 unspecified atom stereocenters. The fraction of sp³-hybridized carbons (Fsp3) is 0.714. The molecule has 0 aliphatic carbocycles. The number of hydrogen-bond donors (Lipinski definition) is 1. The lowest BCUT2D eigenvalue weighted by Crippen LogP contribution is -2.50. The molecule has 28 heavy (non-hydrogen) atoms. The van der Waals surface area contributed by atoms with Gasteiger partial charge < -0.3 is 14.8 Å². The topological polar surface area (TPSA) is 57.6 Å². The number of carbonyl (C=O) groups is 1. The second kappa shape index (κ2) is 7.84. The fourth-order valence-electron chi connectivity index (χ4n) is 5.50. The molecule has 4 aliphatic heterocycles. The number of rotatable bonds is 2. The van der Waals surface area contributed by atoms with Gasteiger partial charge >= 0.3 is 0 Å². The summed E-state index contributed by atoms with van der Waals surface area (Å²) in [6.45, 7) is 6.54. The Balaban J connectivity index is 1.30. The first kappa shape index (κ1) is 18.7. The number of aromatic nitrogens is 1. The van der Waals surface area contributed by atoms with Crippen molar-refractivity contribution in [1.82, 2.24) is 19.7 Å². The zero-order chi connectivity index (χ0) is 19.1. The molecule has 0 aromatic carbocycles. The van der Waals surface area contributed by atoms with Crippen molar-refractivity contribution in [1.29, 1.82) is 0 Å². The van der Waals surface area contributed by atoms with E-state index < -0.39 is 0 Å². The molecule has 2 bridgehead atoms. The monoisotopic (exact) mass is 402 g/mol. The largest absolute Gasteiger partial charge is 0.338 e. The third kappa shape index (κ3) is 3.42. The van der Waals surface area contributed by atoms with Gasteiger partial charge in [-0.1, -0.05) is 0 Å². The average Bonchev–Trinajstić information content (AvgIpc) is 2.75. The Bertz CT molecular complexity index is 796. The minimum absolute atomic E-state index is 0.0678. The van der Waals surface area contributed by atoms with Gasteiger partial charge in [-0.2, -0.15) is 11.8 Å². The molecule has 5 rings (SSSR count). The highest BCUT2D eigenvalue weighted by Crippen LogP contribution is 2.32. The van der Waals surface area contributed by atoms with Crippen molar-refractivity contribution < 1.29 is 4.79 Å². The summed E-state index contributed by atoms with van der Waals surface area (Å²) < 4.78 is 1.89. The number of nitrogens with zero attached hydrogens (tertiary/aromatic N) is 3. The van der Waals surface area contributed by atoms with Crippen molar-refractivity contribution >= 4 is 17.7 Å². The lowest BCUT2D eigenvalue weighted by Gasteiger charge is -2.40. The second-order valence-electron chi connectivity index (χ2n) is 8.72. The number of fused-ring (bicyclic) bond motifs is 4. The number of likely N-dealkylation sites (tertiary alicyclic amines) is 1. The first-order valence-corrected chi connectivity index (χ1v) is 11.9. The summed E-state index contributed by atoms with van der Waals surface area (Å²) in [6, 6.07) is 4.42. The third-order valence-electron chi connectivity index (χ3n) is 7.05. The number of amides is 1. The number of nitrogens with one attached hydrogen (secondary N) is 1. The Labute approximate surface area is 170 Å². The minimum Gasteiger partial charge on any atom is -0.338 e. The Morgan fingerprint density at radius 3 is 2.64 bits per heavy atom. The standard InChI is InChI=1S/C21H30N4O2S/c26-20(24-5-3-17(4-6-24)23-7-9-28-10-8-23)18-1-2-19-16-11-15(12-22-13-16)14-25(19)21(18)27/h1-2,15-17,22H,3-14H2/t15-,16+/m0/s1.